The first-order chi connectivity index (χ1) is 13.6. The highest BCUT2D eigenvalue weighted by Crippen LogP contribution is 2.29. The first kappa shape index (κ1) is 22.0. The number of primary sulfonamides is 1. The largest absolute Gasteiger partial charge is 0.381 e. The highest BCUT2D eigenvalue weighted by molar-refractivity contribution is 7.91. The lowest BCUT2D eigenvalue weighted by molar-refractivity contribution is -0.137. The number of carbonyl (C=O) groups excluding carboxylic acids is 1. The van der Waals surface area contributed by atoms with E-state index in [1.54, 1.807) is 0 Å². The topological polar surface area (TPSA) is 127 Å². The SMILES string of the molecule is CS(=O)(=O)c1cc(S(N)(=O)=O)ccc1NC1CCN(C(=O)C2CCCCC2)CC1. The van der Waals surface area contributed by atoms with Gasteiger partial charge in [-0.15, -0.1) is 0 Å². The second-order valence-electron chi connectivity index (χ2n) is 8.05. The monoisotopic (exact) mass is 443 g/mol. The van der Waals surface area contributed by atoms with Crippen LogP contribution in [0.4, 0.5) is 5.69 Å². The van der Waals surface area contributed by atoms with Gasteiger partial charge in [0.1, 0.15) is 0 Å². The van der Waals surface area contributed by atoms with Gasteiger partial charge in [-0.2, -0.15) is 0 Å². The molecule has 0 spiro atoms. The molecule has 3 N–H and O–H groups in total. The molecule has 2 fully saturated rings. The van der Waals surface area contributed by atoms with E-state index in [1.807, 2.05) is 4.90 Å². The third-order valence-electron chi connectivity index (χ3n) is 5.80. The first-order valence-corrected chi connectivity index (χ1v) is 13.4. The van der Waals surface area contributed by atoms with Crippen molar-refractivity contribution in [2.75, 3.05) is 24.7 Å². The molecule has 1 amide bonds. The van der Waals surface area contributed by atoms with Crippen LogP contribution >= 0.6 is 0 Å². The number of piperidine rings is 1. The van der Waals surface area contributed by atoms with Crippen molar-refractivity contribution < 1.29 is 21.6 Å². The normalized spacial score (nSPS) is 19.9. The standard InChI is InChI=1S/C19H29N3O5S2/c1-28(24,25)18-13-16(29(20,26)27)7-8-17(18)21-15-9-11-22(12-10-15)19(23)14-5-3-2-4-6-14/h7-8,13-15,21H,2-6,9-12H2,1H3,(H2,20,26,27). The van der Waals surface area contributed by atoms with Crippen molar-refractivity contribution in [2.45, 2.75) is 60.8 Å². The molecule has 0 aromatic heterocycles. The number of sulfonamides is 1. The summed E-state index contributed by atoms with van der Waals surface area (Å²) in [5, 5.41) is 8.35. The fourth-order valence-electron chi connectivity index (χ4n) is 4.18. The van der Waals surface area contributed by atoms with Crippen molar-refractivity contribution in [3.05, 3.63) is 18.2 Å². The van der Waals surface area contributed by atoms with Gasteiger partial charge in [0.05, 0.1) is 15.5 Å². The van der Waals surface area contributed by atoms with E-state index >= 15 is 0 Å². The number of carbonyl (C=O) groups is 1. The summed E-state index contributed by atoms with van der Waals surface area (Å²) in [4.78, 5) is 14.3. The average Bonchev–Trinajstić information content (AvgIpc) is 2.67. The summed E-state index contributed by atoms with van der Waals surface area (Å²) in [6.07, 6.45) is 7.86. The molecule has 1 aromatic carbocycles. The quantitative estimate of drug-likeness (QED) is 0.713. The summed E-state index contributed by atoms with van der Waals surface area (Å²) in [6, 6.07) is 3.84. The molecule has 0 unspecified atom stereocenters. The third-order valence-corrected chi connectivity index (χ3v) is 7.85. The van der Waals surface area contributed by atoms with Crippen molar-refractivity contribution in [3.8, 4) is 0 Å². The molecule has 1 aliphatic heterocycles. The van der Waals surface area contributed by atoms with Crippen LogP contribution in [0, 0.1) is 5.92 Å². The number of nitrogens with zero attached hydrogens (tertiary/aromatic N) is 1. The van der Waals surface area contributed by atoms with E-state index in [0.29, 0.717) is 31.6 Å². The van der Waals surface area contributed by atoms with Crippen LogP contribution in [0.1, 0.15) is 44.9 Å². The summed E-state index contributed by atoms with van der Waals surface area (Å²) < 4.78 is 47.5. The zero-order valence-electron chi connectivity index (χ0n) is 16.6. The average molecular weight is 444 g/mol. The van der Waals surface area contributed by atoms with Crippen molar-refractivity contribution in [1.82, 2.24) is 4.90 Å². The molecule has 0 bridgehead atoms. The number of amides is 1. The van der Waals surface area contributed by atoms with Gasteiger partial charge in [0.25, 0.3) is 0 Å². The number of hydrogen-bond donors (Lipinski definition) is 2. The highest BCUT2D eigenvalue weighted by Gasteiger charge is 2.29. The Hall–Kier alpha value is -1.65. The van der Waals surface area contributed by atoms with E-state index in [9.17, 15) is 21.6 Å². The number of anilines is 1. The van der Waals surface area contributed by atoms with Crippen LogP contribution in [0.3, 0.4) is 0 Å². The van der Waals surface area contributed by atoms with Gasteiger partial charge in [0.15, 0.2) is 9.84 Å². The van der Waals surface area contributed by atoms with Crippen LogP contribution in [-0.2, 0) is 24.7 Å². The molecule has 162 valence electrons. The second-order valence-corrected chi connectivity index (χ2v) is 11.6. The maximum atomic E-state index is 12.7. The van der Waals surface area contributed by atoms with Gasteiger partial charge in [-0.3, -0.25) is 4.79 Å². The Balaban J connectivity index is 1.68. The van der Waals surface area contributed by atoms with Gasteiger partial charge < -0.3 is 10.2 Å². The van der Waals surface area contributed by atoms with E-state index in [0.717, 1.165) is 38.0 Å². The van der Waals surface area contributed by atoms with Crippen molar-refractivity contribution in [2.24, 2.45) is 11.1 Å². The molecule has 1 heterocycles. The maximum absolute atomic E-state index is 12.7. The molecule has 29 heavy (non-hydrogen) atoms. The molecule has 1 saturated heterocycles. The van der Waals surface area contributed by atoms with Crippen LogP contribution in [0.2, 0.25) is 0 Å². The van der Waals surface area contributed by atoms with Crippen LogP contribution in [0.15, 0.2) is 28.0 Å². The number of nitrogens with two attached hydrogens (primary N) is 1. The molecule has 3 rings (SSSR count). The van der Waals surface area contributed by atoms with E-state index < -0.39 is 19.9 Å². The summed E-state index contributed by atoms with van der Waals surface area (Å²) in [7, 11) is -7.65. The molecule has 1 aliphatic carbocycles. The van der Waals surface area contributed by atoms with Gasteiger partial charge in [0.2, 0.25) is 15.9 Å². The third kappa shape index (κ3) is 5.49. The number of hydrogen-bond acceptors (Lipinski definition) is 6. The number of rotatable bonds is 5. The lowest BCUT2D eigenvalue weighted by Gasteiger charge is -2.36. The Labute approximate surface area is 172 Å². The van der Waals surface area contributed by atoms with Crippen LogP contribution in [0.25, 0.3) is 0 Å². The molecule has 1 aromatic rings. The van der Waals surface area contributed by atoms with E-state index in [2.05, 4.69) is 5.32 Å². The summed E-state index contributed by atoms with van der Waals surface area (Å²) in [5.41, 5.74) is 0.358. The van der Waals surface area contributed by atoms with E-state index in [1.165, 1.54) is 18.6 Å². The Morgan fingerprint density at radius 2 is 1.66 bits per heavy atom. The number of likely N-dealkylation sites (tertiary alicyclic amines) is 1. The molecule has 0 radical (unpaired) electrons. The molecule has 0 atom stereocenters. The van der Waals surface area contributed by atoms with Crippen LogP contribution in [0.5, 0.6) is 0 Å². The Bertz CT molecular complexity index is 962. The first-order valence-electron chi connectivity index (χ1n) is 9.98. The van der Waals surface area contributed by atoms with Gasteiger partial charge in [-0.05, 0) is 43.9 Å². The lowest BCUT2D eigenvalue weighted by Crippen LogP contribution is -2.45. The van der Waals surface area contributed by atoms with Gasteiger partial charge >= 0.3 is 0 Å². The Kier molecular flexibility index (Phi) is 6.54. The van der Waals surface area contributed by atoms with Gasteiger partial charge in [0, 0.05) is 31.3 Å². The predicted molar refractivity (Wildman–Crippen MR) is 111 cm³/mol. The molecule has 1 saturated carbocycles. The lowest BCUT2D eigenvalue weighted by atomic mass is 9.87. The maximum Gasteiger partial charge on any atom is 0.238 e. The van der Waals surface area contributed by atoms with Gasteiger partial charge in [-0.1, -0.05) is 19.3 Å². The van der Waals surface area contributed by atoms with Crippen molar-refractivity contribution in [3.63, 3.8) is 0 Å². The van der Waals surface area contributed by atoms with Crippen LogP contribution < -0.4 is 10.5 Å². The van der Waals surface area contributed by atoms with Crippen molar-refractivity contribution >= 4 is 31.5 Å². The highest BCUT2D eigenvalue weighted by atomic mass is 32.2. The minimum absolute atomic E-state index is 0.00578. The van der Waals surface area contributed by atoms with Crippen molar-refractivity contribution in [1.29, 1.82) is 0 Å². The van der Waals surface area contributed by atoms with Crippen LogP contribution in [-0.4, -0.2) is 53.0 Å². The smallest absolute Gasteiger partial charge is 0.238 e. The molecular weight excluding hydrogens is 414 g/mol. The van der Waals surface area contributed by atoms with E-state index in [4.69, 9.17) is 5.14 Å². The summed E-state index contributed by atoms with van der Waals surface area (Å²) in [5.74, 6) is 0.397. The fraction of sp³-hybridized carbons (Fsp3) is 0.632. The number of nitrogens with one attached hydrogen (secondary N) is 1. The number of benzene rings is 1. The zero-order chi connectivity index (χ0) is 21.2. The summed E-state index contributed by atoms with van der Waals surface area (Å²) >= 11 is 0. The minimum atomic E-state index is -4.00. The molecular formula is C19H29N3O5S2. The number of sulfone groups is 1. The second kappa shape index (κ2) is 8.61. The molecule has 8 nitrogen and oxygen atoms in total. The zero-order valence-corrected chi connectivity index (χ0v) is 18.3. The molecule has 2 aliphatic rings. The Morgan fingerprint density at radius 3 is 2.21 bits per heavy atom. The summed E-state index contributed by atoms with van der Waals surface area (Å²) in [6.45, 7) is 1.27. The minimum Gasteiger partial charge on any atom is -0.381 e. The van der Waals surface area contributed by atoms with Gasteiger partial charge in [-0.25, -0.2) is 22.0 Å². The fourth-order valence-corrected chi connectivity index (χ4v) is 5.66. The van der Waals surface area contributed by atoms with E-state index in [-0.39, 0.29) is 27.7 Å². The Morgan fingerprint density at radius 1 is 1.03 bits per heavy atom. The predicted octanol–water partition coefficient (Wildman–Crippen LogP) is 1.72. The molecule has 10 heteroatoms.